The average molecular weight is 393 g/mol. The Labute approximate surface area is 161 Å². The lowest BCUT2D eigenvalue weighted by molar-refractivity contribution is -0.274. The highest BCUT2D eigenvalue weighted by molar-refractivity contribution is 5.74. The number of rotatable bonds is 5. The first-order valence-electron chi connectivity index (χ1n) is 9.03. The number of hydrogen-bond donors (Lipinski definition) is 1. The molecule has 0 atom stereocenters. The van der Waals surface area contributed by atoms with Crippen molar-refractivity contribution in [3.05, 3.63) is 65.7 Å². The molecule has 0 aromatic heterocycles. The number of halogens is 3. The molecule has 0 unspecified atom stereocenters. The van der Waals surface area contributed by atoms with Gasteiger partial charge in [-0.25, -0.2) is 4.79 Å². The summed E-state index contributed by atoms with van der Waals surface area (Å²) in [4.78, 5) is 16.4. The fraction of sp³-hybridized carbons (Fsp3) is 0.350. The number of ether oxygens (including phenoxy) is 1. The highest BCUT2D eigenvalue weighted by atomic mass is 19.4. The lowest BCUT2D eigenvalue weighted by Crippen LogP contribution is -2.51. The van der Waals surface area contributed by atoms with Gasteiger partial charge in [0.05, 0.1) is 0 Å². The summed E-state index contributed by atoms with van der Waals surface area (Å²) < 4.78 is 40.3. The van der Waals surface area contributed by atoms with Crippen LogP contribution in [0.25, 0.3) is 0 Å². The van der Waals surface area contributed by atoms with Crippen molar-refractivity contribution in [2.24, 2.45) is 0 Å². The molecule has 2 amide bonds. The Morgan fingerprint density at radius 2 is 1.57 bits per heavy atom. The summed E-state index contributed by atoms with van der Waals surface area (Å²) in [5.41, 5.74) is 1.95. The third kappa shape index (κ3) is 6.16. The zero-order chi connectivity index (χ0) is 20.0. The molecular formula is C20H22F3N3O2. The maximum absolute atomic E-state index is 12.3. The van der Waals surface area contributed by atoms with Crippen LogP contribution in [-0.4, -0.2) is 48.4 Å². The first-order chi connectivity index (χ1) is 13.4. The second kappa shape index (κ2) is 8.97. The highest BCUT2D eigenvalue weighted by Crippen LogP contribution is 2.22. The minimum absolute atomic E-state index is 0.171. The van der Waals surface area contributed by atoms with Crippen molar-refractivity contribution in [1.82, 2.24) is 15.1 Å². The Bertz CT molecular complexity index is 759. The van der Waals surface area contributed by atoms with Gasteiger partial charge >= 0.3 is 12.4 Å². The number of alkyl halides is 3. The summed E-state index contributed by atoms with van der Waals surface area (Å²) in [6.45, 7) is 3.98. The van der Waals surface area contributed by atoms with Gasteiger partial charge in [0.1, 0.15) is 5.75 Å². The third-order valence-electron chi connectivity index (χ3n) is 4.51. The Balaban J connectivity index is 1.41. The minimum atomic E-state index is -4.71. The summed E-state index contributed by atoms with van der Waals surface area (Å²) in [5.74, 6) is -0.280. The van der Waals surface area contributed by atoms with E-state index >= 15 is 0 Å². The summed E-state index contributed by atoms with van der Waals surface area (Å²) in [5, 5.41) is 2.81. The number of amides is 2. The van der Waals surface area contributed by atoms with Gasteiger partial charge in [-0.1, -0.05) is 42.5 Å². The van der Waals surface area contributed by atoms with Crippen molar-refractivity contribution in [2.75, 3.05) is 26.2 Å². The quantitative estimate of drug-likeness (QED) is 0.844. The van der Waals surface area contributed by atoms with Crippen molar-refractivity contribution in [3.8, 4) is 5.75 Å². The number of nitrogens with one attached hydrogen (secondary N) is 1. The number of carbonyl (C=O) groups is 1. The molecule has 0 saturated carbocycles. The van der Waals surface area contributed by atoms with Crippen LogP contribution in [0.4, 0.5) is 18.0 Å². The van der Waals surface area contributed by atoms with Gasteiger partial charge in [0.15, 0.2) is 0 Å². The Kier molecular flexibility index (Phi) is 6.41. The van der Waals surface area contributed by atoms with Gasteiger partial charge in [0.2, 0.25) is 0 Å². The normalized spacial score (nSPS) is 15.3. The van der Waals surface area contributed by atoms with E-state index in [1.165, 1.54) is 29.8 Å². The molecule has 1 fully saturated rings. The van der Waals surface area contributed by atoms with Crippen molar-refractivity contribution in [3.63, 3.8) is 0 Å². The first-order valence-corrected chi connectivity index (χ1v) is 9.03. The summed E-state index contributed by atoms with van der Waals surface area (Å²) in [6.07, 6.45) is -4.71. The van der Waals surface area contributed by atoms with Crippen molar-refractivity contribution in [2.45, 2.75) is 19.5 Å². The van der Waals surface area contributed by atoms with E-state index in [1.807, 2.05) is 18.2 Å². The number of carbonyl (C=O) groups excluding carboxylic acids is 1. The summed E-state index contributed by atoms with van der Waals surface area (Å²) >= 11 is 0. The monoisotopic (exact) mass is 393 g/mol. The van der Waals surface area contributed by atoms with Crippen LogP contribution in [-0.2, 0) is 13.1 Å². The lowest BCUT2D eigenvalue weighted by Gasteiger charge is -2.34. The maximum atomic E-state index is 12.3. The molecule has 0 bridgehead atoms. The minimum Gasteiger partial charge on any atom is -0.406 e. The van der Waals surface area contributed by atoms with Crippen LogP contribution in [0.2, 0.25) is 0 Å². The van der Waals surface area contributed by atoms with E-state index < -0.39 is 6.36 Å². The molecule has 1 N–H and O–H groups in total. The van der Waals surface area contributed by atoms with Crippen LogP contribution in [0, 0.1) is 0 Å². The van der Waals surface area contributed by atoms with E-state index in [-0.39, 0.29) is 18.3 Å². The predicted molar refractivity (Wildman–Crippen MR) is 98.7 cm³/mol. The Morgan fingerprint density at radius 1 is 0.929 bits per heavy atom. The first kappa shape index (κ1) is 20.0. The Morgan fingerprint density at radius 3 is 2.18 bits per heavy atom. The van der Waals surface area contributed by atoms with Gasteiger partial charge in [0.25, 0.3) is 0 Å². The molecule has 5 nitrogen and oxygen atoms in total. The average Bonchev–Trinajstić information content (AvgIpc) is 2.67. The van der Waals surface area contributed by atoms with Gasteiger partial charge in [-0.15, -0.1) is 13.2 Å². The predicted octanol–water partition coefficient (Wildman–Crippen LogP) is 3.61. The van der Waals surface area contributed by atoms with Crippen LogP contribution in [0.5, 0.6) is 5.75 Å². The van der Waals surface area contributed by atoms with E-state index in [4.69, 9.17) is 0 Å². The number of benzene rings is 2. The molecule has 28 heavy (non-hydrogen) atoms. The van der Waals surface area contributed by atoms with E-state index in [1.54, 1.807) is 4.90 Å². The molecule has 0 aliphatic carbocycles. The van der Waals surface area contributed by atoms with Gasteiger partial charge in [0, 0.05) is 39.3 Å². The lowest BCUT2D eigenvalue weighted by atomic mass is 10.2. The van der Waals surface area contributed by atoms with Gasteiger partial charge in [-0.2, -0.15) is 0 Å². The zero-order valence-electron chi connectivity index (χ0n) is 15.3. The maximum Gasteiger partial charge on any atom is 0.573 e. The van der Waals surface area contributed by atoms with Crippen LogP contribution in [0.1, 0.15) is 11.1 Å². The van der Waals surface area contributed by atoms with Gasteiger partial charge in [-0.3, -0.25) is 4.90 Å². The van der Waals surface area contributed by atoms with E-state index in [0.717, 1.165) is 19.6 Å². The van der Waals surface area contributed by atoms with Gasteiger partial charge in [-0.05, 0) is 23.3 Å². The fourth-order valence-electron chi connectivity index (χ4n) is 3.05. The molecule has 3 rings (SSSR count). The smallest absolute Gasteiger partial charge is 0.406 e. The van der Waals surface area contributed by atoms with E-state index in [9.17, 15) is 18.0 Å². The second-order valence-corrected chi connectivity index (χ2v) is 6.60. The molecule has 0 spiro atoms. The Hall–Kier alpha value is -2.74. The molecule has 150 valence electrons. The SMILES string of the molecule is O=C(NCc1ccc(OC(F)(F)F)cc1)N1CCN(Cc2ccccc2)CC1. The van der Waals surface area contributed by atoms with Crippen LogP contribution >= 0.6 is 0 Å². The number of hydrogen-bond acceptors (Lipinski definition) is 3. The van der Waals surface area contributed by atoms with Crippen molar-refractivity contribution < 1.29 is 22.7 Å². The molecule has 2 aromatic rings. The van der Waals surface area contributed by atoms with Crippen LogP contribution in [0.15, 0.2) is 54.6 Å². The number of nitrogens with zero attached hydrogens (tertiary/aromatic N) is 2. The molecular weight excluding hydrogens is 371 g/mol. The summed E-state index contributed by atoms with van der Waals surface area (Å²) in [7, 11) is 0. The third-order valence-corrected chi connectivity index (χ3v) is 4.51. The topological polar surface area (TPSA) is 44.8 Å². The number of piperazine rings is 1. The largest absolute Gasteiger partial charge is 0.573 e. The van der Waals surface area contributed by atoms with E-state index in [0.29, 0.717) is 18.7 Å². The van der Waals surface area contributed by atoms with Gasteiger partial charge < -0.3 is 15.0 Å². The van der Waals surface area contributed by atoms with Crippen LogP contribution in [0.3, 0.4) is 0 Å². The van der Waals surface area contributed by atoms with Crippen LogP contribution < -0.4 is 10.1 Å². The molecule has 1 saturated heterocycles. The molecule has 0 radical (unpaired) electrons. The highest BCUT2D eigenvalue weighted by Gasteiger charge is 2.31. The number of urea groups is 1. The molecule has 8 heteroatoms. The molecule has 2 aromatic carbocycles. The standard InChI is InChI=1S/C20H22F3N3O2/c21-20(22,23)28-18-8-6-16(7-9-18)14-24-19(27)26-12-10-25(11-13-26)15-17-4-2-1-3-5-17/h1-9H,10-15H2,(H,24,27). The zero-order valence-corrected chi connectivity index (χ0v) is 15.3. The fourth-order valence-corrected chi connectivity index (χ4v) is 3.05. The van der Waals surface area contributed by atoms with E-state index in [2.05, 4.69) is 27.1 Å². The second-order valence-electron chi connectivity index (χ2n) is 6.60. The van der Waals surface area contributed by atoms with Crippen molar-refractivity contribution in [1.29, 1.82) is 0 Å². The molecule has 1 aliphatic rings. The molecule has 1 heterocycles. The molecule has 1 aliphatic heterocycles. The van der Waals surface area contributed by atoms with Crippen molar-refractivity contribution >= 4 is 6.03 Å². The summed E-state index contributed by atoms with van der Waals surface area (Å²) in [6, 6.07) is 15.5.